The van der Waals surface area contributed by atoms with E-state index in [0.29, 0.717) is 30.8 Å². The Hall–Kier alpha value is -1.03. The molecule has 0 amide bonds. The molecule has 0 aliphatic carbocycles. The van der Waals surface area contributed by atoms with Crippen molar-refractivity contribution in [3.8, 4) is 0 Å². The molecule has 1 aliphatic heterocycles. The van der Waals surface area contributed by atoms with Gasteiger partial charge in [0.05, 0.1) is 30.5 Å². The summed E-state index contributed by atoms with van der Waals surface area (Å²) in [5.41, 5.74) is 0.266. The lowest BCUT2D eigenvalue weighted by Crippen LogP contribution is -2.19. The first-order valence-corrected chi connectivity index (χ1v) is 9.70. The fourth-order valence-electron chi connectivity index (χ4n) is 2.23. The molecule has 0 radical (unpaired) electrons. The largest absolute Gasteiger partial charge is 0.472 e. The Kier molecular flexibility index (Phi) is 6.12. The number of imidazole rings is 1. The summed E-state index contributed by atoms with van der Waals surface area (Å²) in [6, 6.07) is 0. The second-order valence-corrected chi connectivity index (χ2v) is 7.88. The van der Waals surface area contributed by atoms with Gasteiger partial charge in [-0.3, -0.25) is 14.4 Å². The summed E-state index contributed by atoms with van der Waals surface area (Å²) in [6.07, 6.45) is 2.91. The van der Waals surface area contributed by atoms with Gasteiger partial charge < -0.3 is 10.1 Å². The number of ether oxygens (including phenoxy) is 1. The van der Waals surface area contributed by atoms with Crippen molar-refractivity contribution in [3.63, 3.8) is 0 Å². The van der Waals surface area contributed by atoms with Crippen molar-refractivity contribution in [1.29, 1.82) is 0 Å². The first kappa shape index (κ1) is 18.3. The van der Waals surface area contributed by atoms with E-state index in [0.717, 1.165) is 0 Å². The highest BCUT2D eigenvalue weighted by Crippen LogP contribution is 2.56. The molecule has 1 aromatic rings. The van der Waals surface area contributed by atoms with E-state index in [1.54, 1.807) is 18.5 Å². The predicted molar refractivity (Wildman–Crippen MR) is 89.7 cm³/mol. The molecule has 1 saturated heterocycles. The first-order valence-electron chi connectivity index (χ1n) is 6.93. The zero-order valence-electron chi connectivity index (χ0n) is 12.8. The topological polar surface area (TPSA) is 118 Å². The highest BCUT2D eigenvalue weighted by molar-refractivity contribution is 8.47. The summed E-state index contributed by atoms with van der Waals surface area (Å²) in [6.45, 7) is 1.81. The molecule has 9 nitrogen and oxygen atoms in total. The van der Waals surface area contributed by atoms with Gasteiger partial charge in [-0.2, -0.15) is 14.3 Å². The summed E-state index contributed by atoms with van der Waals surface area (Å²) in [7, 11) is -1.93. The smallest absolute Gasteiger partial charge is 0.352 e. The van der Waals surface area contributed by atoms with E-state index < -0.39 is 7.15 Å². The van der Waals surface area contributed by atoms with Crippen molar-refractivity contribution in [2.45, 2.75) is 32.1 Å². The number of hydrogen-bond donors (Lipinski definition) is 4. The molecular formula is C12H20N4O5PS+. The van der Waals surface area contributed by atoms with Crippen molar-refractivity contribution in [3.05, 3.63) is 12.0 Å². The van der Waals surface area contributed by atoms with Crippen LogP contribution < -0.4 is 5.32 Å². The minimum atomic E-state index is -3.57. The van der Waals surface area contributed by atoms with Crippen molar-refractivity contribution < 1.29 is 23.8 Å². The number of carbonyl (C=O) groups excluding carboxylic acids is 1. The maximum atomic E-state index is 11.1. The Labute approximate surface area is 139 Å². The van der Waals surface area contributed by atoms with Gasteiger partial charge in [0.25, 0.3) is 0 Å². The summed E-state index contributed by atoms with van der Waals surface area (Å²) < 4.78 is 12.4. The molecule has 2 unspecified atom stereocenters. The number of nitrogens with one attached hydrogen (secondary N) is 1. The van der Waals surface area contributed by atoms with Crippen molar-refractivity contribution in [1.82, 2.24) is 9.55 Å². The molecule has 2 heterocycles. The highest BCUT2D eigenvalue weighted by Gasteiger charge is 2.35. The maximum absolute atomic E-state index is 11.1. The van der Waals surface area contributed by atoms with Crippen LogP contribution in [0.1, 0.15) is 36.5 Å². The van der Waals surface area contributed by atoms with Gasteiger partial charge in [0, 0.05) is 7.05 Å². The molecule has 2 atom stereocenters. The Bertz CT molecular complexity index is 588. The fraction of sp³-hybridized carbons (Fsp3) is 0.583. The molecule has 2 rings (SSSR count). The van der Waals surface area contributed by atoms with Crippen LogP contribution in [0.2, 0.25) is 0 Å². The Morgan fingerprint density at radius 3 is 3.04 bits per heavy atom. The van der Waals surface area contributed by atoms with Gasteiger partial charge in [0.15, 0.2) is 6.29 Å². The number of aliphatic imine (C=N–C) groups is 1. The maximum Gasteiger partial charge on any atom is 0.472 e. The second-order valence-electron chi connectivity index (χ2n) is 5.04. The van der Waals surface area contributed by atoms with Gasteiger partial charge in [0.1, 0.15) is 24.3 Å². The highest BCUT2D eigenvalue weighted by atomic mass is 32.7. The summed E-state index contributed by atoms with van der Waals surface area (Å²) in [4.78, 5) is 37.5. The minimum Gasteiger partial charge on any atom is -0.352 e. The van der Waals surface area contributed by atoms with Gasteiger partial charge in [-0.15, -0.1) is 0 Å². The zero-order valence-corrected chi connectivity index (χ0v) is 14.6. The molecule has 3 N–H and O–H groups in total. The van der Waals surface area contributed by atoms with Gasteiger partial charge >= 0.3 is 7.15 Å². The third kappa shape index (κ3) is 4.97. The van der Waals surface area contributed by atoms with Crippen LogP contribution in [0.4, 0.5) is 5.82 Å². The molecule has 0 aromatic carbocycles. The average Bonchev–Trinajstić information content (AvgIpc) is 3.10. The van der Waals surface area contributed by atoms with E-state index in [1.807, 2.05) is 0 Å². The molecule has 1 fully saturated rings. The average molecular weight is 363 g/mol. The number of aromatic nitrogens is 2. The fourth-order valence-corrected chi connectivity index (χ4v) is 2.80. The molecule has 0 bridgehead atoms. The quantitative estimate of drug-likeness (QED) is 0.199. The van der Waals surface area contributed by atoms with E-state index >= 15 is 0 Å². The summed E-state index contributed by atoms with van der Waals surface area (Å²) in [5.74, 6) is 1.15. The molecule has 0 saturated carbocycles. The number of aldehydes is 1. The van der Waals surface area contributed by atoms with E-state index in [-0.39, 0.29) is 24.6 Å². The number of rotatable bonds is 6. The molecule has 11 heteroatoms. The van der Waals surface area contributed by atoms with Gasteiger partial charge in [-0.25, -0.2) is 4.98 Å². The number of nitrogens with zero attached hydrogens (tertiary/aromatic N) is 3. The normalized spacial score (nSPS) is 22.4. The van der Waals surface area contributed by atoms with Gasteiger partial charge in [0.2, 0.25) is 0 Å². The van der Waals surface area contributed by atoms with E-state index in [4.69, 9.17) is 19.0 Å². The van der Waals surface area contributed by atoms with Gasteiger partial charge in [-0.05, 0) is 19.8 Å². The van der Waals surface area contributed by atoms with Crippen LogP contribution in [0.25, 0.3) is 0 Å². The van der Waals surface area contributed by atoms with E-state index in [2.05, 4.69) is 27.5 Å². The van der Waals surface area contributed by atoms with Crippen molar-refractivity contribution >= 4 is 37.3 Å². The summed E-state index contributed by atoms with van der Waals surface area (Å²) in [5, 5.41) is 3.03. The second kappa shape index (κ2) is 7.69. The van der Waals surface area contributed by atoms with Crippen LogP contribution >= 0.6 is 19.4 Å². The monoisotopic (exact) mass is 363 g/mol. The van der Waals surface area contributed by atoms with Gasteiger partial charge in [-0.1, -0.05) is 0 Å². The van der Waals surface area contributed by atoms with Crippen LogP contribution in [-0.2, 0) is 9.26 Å². The predicted octanol–water partition coefficient (Wildman–Crippen LogP) is 1.44. The van der Waals surface area contributed by atoms with Crippen LogP contribution in [-0.4, -0.2) is 51.2 Å². The van der Waals surface area contributed by atoms with E-state index in [9.17, 15) is 4.79 Å². The third-order valence-corrected chi connectivity index (χ3v) is 4.24. The van der Waals surface area contributed by atoms with Crippen LogP contribution in [0.5, 0.6) is 0 Å². The standard InChI is InChI=1S/C12H19N4O5PS/c1-8(13-2)15-12-10(5-17)14-7-16(12)11-4-3-9(21-11)6-20-22(18,19)23/h5,7,9,11,18-19,23H,3-4,6H2,1-2H3/p+1. The van der Waals surface area contributed by atoms with Crippen molar-refractivity contribution in [2.24, 2.45) is 4.99 Å². The minimum absolute atomic E-state index is 0.0359. The van der Waals surface area contributed by atoms with Crippen LogP contribution in [0.15, 0.2) is 11.3 Å². The number of thiol groups is 1. The van der Waals surface area contributed by atoms with Crippen LogP contribution in [0, 0.1) is 0 Å². The third-order valence-electron chi connectivity index (χ3n) is 3.40. The molecular weight excluding hydrogens is 343 g/mol. The lowest BCUT2D eigenvalue weighted by molar-refractivity contribution is -0.0187. The lowest BCUT2D eigenvalue weighted by atomic mass is 10.2. The zero-order chi connectivity index (χ0) is 17.0. The first-order chi connectivity index (χ1) is 10.8. The number of carbonyl (C=O) groups is 1. The molecule has 0 spiro atoms. The van der Waals surface area contributed by atoms with Crippen molar-refractivity contribution in [2.75, 3.05) is 19.0 Å². The lowest BCUT2D eigenvalue weighted by Gasteiger charge is -2.18. The Morgan fingerprint density at radius 1 is 1.70 bits per heavy atom. The van der Waals surface area contributed by atoms with Crippen LogP contribution in [0.3, 0.4) is 0 Å². The SMILES string of the molecule is CN=C(C)Nc1c(C=O)ncn1C1CCC(CO[P+](O)(O)S)O1. The molecule has 128 valence electrons. The number of anilines is 1. The number of amidine groups is 1. The summed E-state index contributed by atoms with van der Waals surface area (Å²) >= 11 is 3.57. The van der Waals surface area contributed by atoms with E-state index in [1.165, 1.54) is 6.33 Å². The Morgan fingerprint density at radius 2 is 2.43 bits per heavy atom. The molecule has 1 aromatic heterocycles. The number of hydrogen-bond acceptors (Lipinski definition) is 8. The molecule has 23 heavy (non-hydrogen) atoms. The Balaban J connectivity index is 2.08. The molecule has 1 aliphatic rings.